The van der Waals surface area contributed by atoms with Gasteiger partial charge in [-0.2, -0.15) is 5.26 Å². The van der Waals surface area contributed by atoms with Gasteiger partial charge in [-0.25, -0.2) is 4.98 Å². The molecule has 0 aliphatic carbocycles. The number of anilines is 1. The van der Waals surface area contributed by atoms with Crippen LogP contribution in [0, 0.1) is 11.3 Å². The fourth-order valence-corrected chi connectivity index (χ4v) is 1.82. The van der Waals surface area contributed by atoms with Crippen molar-refractivity contribution in [1.29, 1.82) is 5.26 Å². The van der Waals surface area contributed by atoms with E-state index in [1.165, 1.54) is 0 Å². The van der Waals surface area contributed by atoms with Gasteiger partial charge in [0.2, 0.25) is 0 Å². The van der Waals surface area contributed by atoms with Crippen molar-refractivity contribution >= 4 is 17.4 Å². The fourth-order valence-electron chi connectivity index (χ4n) is 1.65. The largest absolute Gasteiger partial charge is 0.496 e. The minimum absolute atomic E-state index is 0.441. The van der Waals surface area contributed by atoms with Gasteiger partial charge in [-0.1, -0.05) is 23.7 Å². The average molecular weight is 274 g/mol. The number of pyridine rings is 1. The molecule has 0 spiro atoms. The summed E-state index contributed by atoms with van der Waals surface area (Å²) < 4.78 is 5.26. The summed E-state index contributed by atoms with van der Waals surface area (Å²) in [6, 6.07) is 12.8. The first kappa shape index (κ1) is 13.2. The smallest absolute Gasteiger partial charge is 0.131 e. The molecule has 1 aromatic carbocycles. The van der Waals surface area contributed by atoms with Crippen molar-refractivity contribution in [3.8, 4) is 11.8 Å². The number of benzene rings is 1. The Balaban J connectivity index is 2.13. The van der Waals surface area contributed by atoms with E-state index >= 15 is 0 Å². The van der Waals surface area contributed by atoms with Crippen molar-refractivity contribution in [3.63, 3.8) is 0 Å². The predicted molar refractivity (Wildman–Crippen MR) is 74.3 cm³/mol. The summed E-state index contributed by atoms with van der Waals surface area (Å²) in [5.74, 6) is 1.37. The number of aromatic nitrogens is 1. The molecule has 1 N–H and O–H groups in total. The Bertz CT molecular complexity index is 622. The van der Waals surface area contributed by atoms with E-state index in [0.29, 0.717) is 28.8 Å². The number of hydrogen-bond donors (Lipinski definition) is 1. The molecule has 0 aliphatic rings. The Morgan fingerprint density at radius 1 is 1.37 bits per heavy atom. The quantitative estimate of drug-likeness (QED) is 0.869. The maximum absolute atomic E-state index is 8.84. The van der Waals surface area contributed by atoms with Gasteiger partial charge < -0.3 is 10.1 Å². The van der Waals surface area contributed by atoms with Crippen molar-refractivity contribution in [2.75, 3.05) is 12.4 Å². The normalized spacial score (nSPS) is 9.74. The molecule has 0 saturated heterocycles. The van der Waals surface area contributed by atoms with Gasteiger partial charge in [0.1, 0.15) is 16.7 Å². The van der Waals surface area contributed by atoms with Gasteiger partial charge in [0.05, 0.1) is 18.7 Å². The van der Waals surface area contributed by atoms with E-state index in [4.69, 9.17) is 21.6 Å². The summed E-state index contributed by atoms with van der Waals surface area (Å²) in [6.07, 6.45) is 0. The maximum atomic E-state index is 8.84. The summed E-state index contributed by atoms with van der Waals surface area (Å²) in [5.41, 5.74) is 1.52. The number of nitriles is 1. The third kappa shape index (κ3) is 3.36. The zero-order valence-electron chi connectivity index (χ0n) is 10.4. The molecule has 96 valence electrons. The van der Waals surface area contributed by atoms with Crippen LogP contribution < -0.4 is 10.1 Å². The van der Waals surface area contributed by atoms with Gasteiger partial charge in [0, 0.05) is 12.1 Å². The number of nitrogens with one attached hydrogen (secondary N) is 1. The molecule has 4 nitrogen and oxygen atoms in total. The monoisotopic (exact) mass is 273 g/mol. The van der Waals surface area contributed by atoms with Gasteiger partial charge in [-0.3, -0.25) is 0 Å². The van der Waals surface area contributed by atoms with E-state index in [2.05, 4.69) is 16.4 Å². The molecule has 2 rings (SSSR count). The minimum atomic E-state index is 0.441. The Kier molecular flexibility index (Phi) is 4.22. The molecular weight excluding hydrogens is 262 g/mol. The zero-order valence-corrected chi connectivity index (χ0v) is 11.1. The number of rotatable bonds is 4. The highest BCUT2D eigenvalue weighted by Crippen LogP contribution is 2.21. The number of ether oxygens (including phenoxy) is 1. The van der Waals surface area contributed by atoms with Gasteiger partial charge in [0.25, 0.3) is 0 Å². The maximum Gasteiger partial charge on any atom is 0.131 e. The lowest BCUT2D eigenvalue weighted by Gasteiger charge is -2.10. The van der Waals surface area contributed by atoms with Crippen LogP contribution in [0.4, 0.5) is 5.82 Å². The molecule has 5 heteroatoms. The fraction of sp³-hybridized carbons (Fsp3) is 0.143. The van der Waals surface area contributed by atoms with Gasteiger partial charge in [-0.05, 0) is 24.3 Å². The Labute approximate surface area is 116 Å². The van der Waals surface area contributed by atoms with Crippen LogP contribution in [0.3, 0.4) is 0 Å². The molecule has 0 fully saturated rings. The van der Waals surface area contributed by atoms with Crippen molar-refractivity contribution in [3.05, 3.63) is 52.7 Å². The van der Waals surface area contributed by atoms with Crippen molar-refractivity contribution in [1.82, 2.24) is 4.98 Å². The SMILES string of the molecule is COc1cc(C#N)ccc1CNc1cccc(Cl)n1. The highest BCUT2D eigenvalue weighted by atomic mass is 35.5. The van der Waals surface area contributed by atoms with Crippen LogP contribution in [0.25, 0.3) is 0 Å². The third-order valence-corrected chi connectivity index (χ3v) is 2.80. The molecule has 1 aromatic heterocycles. The van der Waals surface area contributed by atoms with Gasteiger partial charge >= 0.3 is 0 Å². The summed E-state index contributed by atoms with van der Waals surface area (Å²) >= 11 is 5.81. The lowest BCUT2D eigenvalue weighted by molar-refractivity contribution is 0.410. The lowest BCUT2D eigenvalue weighted by Crippen LogP contribution is -2.03. The van der Waals surface area contributed by atoms with Crippen molar-refractivity contribution < 1.29 is 4.74 Å². The van der Waals surface area contributed by atoms with Crippen LogP contribution in [0.2, 0.25) is 5.15 Å². The van der Waals surface area contributed by atoms with Gasteiger partial charge in [-0.15, -0.1) is 0 Å². The topological polar surface area (TPSA) is 57.9 Å². The number of nitrogens with zero attached hydrogens (tertiary/aromatic N) is 2. The average Bonchev–Trinajstić information content (AvgIpc) is 2.45. The Morgan fingerprint density at radius 3 is 2.89 bits per heavy atom. The molecule has 0 atom stereocenters. The molecule has 0 unspecified atom stereocenters. The minimum Gasteiger partial charge on any atom is -0.496 e. The predicted octanol–water partition coefficient (Wildman–Crippen LogP) is 3.23. The lowest BCUT2D eigenvalue weighted by atomic mass is 10.1. The molecular formula is C14H12ClN3O. The Hall–Kier alpha value is -2.25. The van der Waals surface area contributed by atoms with E-state index in [9.17, 15) is 0 Å². The first-order valence-corrected chi connectivity index (χ1v) is 6.04. The molecule has 0 bridgehead atoms. The molecule has 2 aromatic rings. The van der Waals surface area contributed by atoms with Crippen LogP contribution in [-0.4, -0.2) is 12.1 Å². The molecule has 19 heavy (non-hydrogen) atoms. The second-order valence-electron chi connectivity index (χ2n) is 3.84. The van der Waals surface area contributed by atoms with E-state index in [1.807, 2.05) is 18.2 Å². The molecule has 0 radical (unpaired) electrons. The van der Waals surface area contributed by atoms with E-state index < -0.39 is 0 Å². The number of hydrogen-bond acceptors (Lipinski definition) is 4. The van der Waals surface area contributed by atoms with Crippen LogP contribution >= 0.6 is 11.6 Å². The third-order valence-electron chi connectivity index (χ3n) is 2.59. The highest BCUT2D eigenvalue weighted by molar-refractivity contribution is 6.29. The standard InChI is InChI=1S/C14H12ClN3O/c1-19-12-7-10(8-16)5-6-11(12)9-17-14-4-2-3-13(15)18-14/h2-7H,9H2,1H3,(H,17,18). The van der Waals surface area contributed by atoms with E-state index in [0.717, 1.165) is 5.56 Å². The van der Waals surface area contributed by atoms with Crippen LogP contribution in [0.5, 0.6) is 5.75 Å². The van der Waals surface area contributed by atoms with Crippen LogP contribution in [-0.2, 0) is 6.54 Å². The number of halogens is 1. The van der Waals surface area contributed by atoms with Crippen molar-refractivity contribution in [2.45, 2.75) is 6.54 Å². The Morgan fingerprint density at radius 2 is 2.21 bits per heavy atom. The van der Waals surface area contributed by atoms with Crippen LogP contribution in [0.1, 0.15) is 11.1 Å². The summed E-state index contributed by atoms with van der Waals surface area (Å²) in [5, 5.41) is 12.4. The zero-order chi connectivity index (χ0) is 13.7. The second-order valence-corrected chi connectivity index (χ2v) is 4.22. The van der Waals surface area contributed by atoms with E-state index in [1.54, 1.807) is 25.3 Å². The first-order chi connectivity index (χ1) is 9.22. The molecule has 0 saturated carbocycles. The summed E-state index contributed by atoms with van der Waals surface area (Å²) in [4.78, 5) is 4.14. The van der Waals surface area contributed by atoms with Gasteiger partial charge in [0.15, 0.2) is 0 Å². The summed E-state index contributed by atoms with van der Waals surface area (Å²) in [7, 11) is 1.58. The first-order valence-electron chi connectivity index (χ1n) is 5.66. The van der Waals surface area contributed by atoms with E-state index in [-0.39, 0.29) is 0 Å². The molecule has 0 aliphatic heterocycles. The number of methoxy groups -OCH3 is 1. The van der Waals surface area contributed by atoms with Crippen LogP contribution in [0.15, 0.2) is 36.4 Å². The van der Waals surface area contributed by atoms with Crippen molar-refractivity contribution in [2.24, 2.45) is 0 Å². The molecule has 1 heterocycles. The summed E-state index contributed by atoms with van der Waals surface area (Å²) in [6.45, 7) is 0.544. The highest BCUT2D eigenvalue weighted by Gasteiger charge is 2.05. The molecule has 0 amide bonds. The second kappa shape index (κ2) is 6.07.